The Morgan fingerprint density at radius 3 is 2.84 bits per heavy atom. The summed E-state index contributed by atoms with van der Waals surface area (Å²) in [5, 5.41) is 4.28. The second kappa shape index (κ2) is 9.92. The quantitative estimate of drug-likeness (QED) is 0.621. The second-order valence-corrected chi connectivity index (χ2v) is 7.90. The van der Waals surface area contributed by atoms with E-state index in [-0.39, 0.29) is 6.04 Å². The van der Waals surface area contributed by atoms with Crippen LogP contribution in [0.25, 0.3) is 0 Å². The van der Waals surface area contributed by atoms with Crippen LogP contribution in [0.2, 0.25) is 0 Å². The lowest BCUT2D eigenvalue weighted by molar-refractivity contribution is 0.284. The van der Waals surface area contributed by atoms with Crippen molar-refractivity contribution < 1.29 is 4.74 Å². The van der Waals surface area contributed by atoms with Crippen LogP contribution in [-0.4, -0.2) is 74.6 Å². The van der Waals surface area contributed by atoms with E-state index in [1.807, 2.05) is 19.2 Å². The molecule has 0 radical (unpaired) electrons. The van der Waals surface area contributed by atoms with E-state index in [2.05, 4.69) is 65.0 Å². The van der Waals surface area contributed by atoms with Gasteiger partial charge in [0.25, 0.3) is 0 Å². The normalized spacial score (nSPS) is 19.8. The van der Waals surface area contributed by atoms with Gasteiger partial charge in [-0.15, -0.1) is 0 Å². The molecular formula is C19H32N4OS. The molecule has 1 aliphatic heterocycles. The topological polar surface area (TPSA) is 40.1 Å². The largest absolute Gasteiger partial charge is 0.496 e. The zero-order valence-electron chi connectivity index (χ0n) is 16.2. The number of thioether (sulfide) groups is 1. The van der Waals surface area contributed by atoms with Crippen molar-refractivity contribution in [1.82, 2.24) is 15.1 Å². The number of methoxy groups -OCH3 is 1. The van der Waals surface area contributed by atoms with Crippen LogP contribution >= 0.6 is 11.8 Å². The summed E-state index contributed by atoms with van der Waals surface area (Å²) in [4.78, 5) is 9.13. The first kappa shape index (κ1) is 19.9. The van der Waals surface area contributed by atoms with E-state index in [0.717, 1.165) is 31.3 Å². The maximum absolute atomic E-state index is 5.56. The molecule has 0 aromatic heterocycles. The van der Waals surface area contributed by atoms with Gasteiger partial charge >= 0.3 is 0 Å². The molecule has 1 heterocycles. The second-order valence-electron chi connectivity index (χ2n) is 6.50. The van der Waals surface area contributed by atoms with Crippen LogP contribution < -0.4 is 10.1 Å². The molecule has 25 heavy (non-hydrogen) atoms. The minimum Gasteiger partial charge on any atom is -0.496 e. The van der Waals surface area contributed by atoms with E-state index in [4.69, 9.17) is 4.74 Å². The Hall–Kier alpha value is -1.40. The van der Waals surface area contributed by atoms with Crippen molar-refractivity contribution in [3.05, 3.63) is 29.8 Å². The SMILES string of the molecule is CCC1CN(C(=NC)NCC(c2ccccc2OC)N(C)C)CCS1. The molecule has 2 atom stereocenters. The first-order chi connectivity index (χ1) is 12.1. The van der Waals surface area contributed by atoms with Gasteiger partial charge in [-0.3, -0.25) is 4.99 Å². The number of rotatable bonds is 6. The van der Waals surface area contributed by atoms with Gasteiger partial charge < -0.3 is 19.9 Å². The monoisotopic (exact) mass is 364 g/mol. The molecule has 1 aromatic rings. The number of benzene rings is 1. The van der Waals surface area contributed by atoms with E-state index < -0.39 is 0 Å². The van der Waals surface area contributed by atoms with Crippen molar-refractivity contribution in [2.75, 3.05) is 53.6 Å². The number of nitrogens with one attached hydrogen (secondary N) is 1. The third-order valence-electron chi connectivity index (χ3n) is 4.68. The zero-order valence-corrected chi connectivity index (χ0v) is 17.0. The lowest BCUT2D eigenvalue weighted by atomic mass is 10.0. The minimum atomic E-state index is 0.217. The fraction of sp³-hybridized carbons (Fsp3) is 0.632. The van der Waals surface area contributed by atoms with Gasteiger partial charge in [-0.1, -0.05) is 25.1 Å². The summed E-state index contributed by atoms with van der Waals surface area (Å²) in [5.74, 6) is 3.10. The molecule has 6 heteroatoms. The summed E-state index contributed by atoms with van der Waals surface area (Å²) in [6.45, 7) is 5.19. The molecule has 0 spiro atoms. The Morgan fingerprint density at radius 1 is 1.44 bits per heavy atom. The van der Waals surface area contributed by atoms with Gasteiger partial charge in [-0.05, 0) is 26.6 Å². The first-order valence-corrected chi connectivity index (χ1v) is 10.0. The van der Waals surface area contributed by atoms with Crippen LogP contribution in [0.15, 0.2) is 29.3 Å². The zero-order chi connectivity index (χ0) is 18.2. The Morgan fingerprint density at radius 2 is 2.20 bits per heavy atom. The van der Waals surface area contributed by atoms with Crippen molar-refractivity contribution in [3.8, 4) is 5.75 Å². The summed E-state index contributed by atoms with van der Waals surface area (Å²) >= 11 is 2.08. The van der Waals surface area contributed by atoms with Crippen molar-refractivity contribution >= 4 is 17.7 Å². The predicted octanol–water partition coefficient (Wildman–Crippen LogP) is 2.70. The molecule has 0 saturated carbocycles. The lowest BCUT2D eigenvalue weighted by Gasteiger charge is -2.35. The minimum absolute atomic E-state index is 0.217. The molecule has 1 aromatic carbocycles. The van der Waals surface area contributed by atoms with E-state index >= 15 is 0 Å². The van der Waals surface area contributed by atoms with E-state index in [0.29, 0.717) is 5.25 Å². The number of likely N-dealkylation sites (N-methyl/N-ethyl adjacent to an activating group) is 1. The first-order valence-electron chi connectivity index (χ1n) is 8.97. The average Bonchev–Trinajstić information content (AvgIpc) is 2.65. The van der Waals surface area contributed by atoms with Gasteiger partial charge in [0, 0.05) is 43.2 Å². The van der Waals surface area contributed by atoms with Crippen LogP contribution in [0.5, 0.6) is 5.75 Å². The molecule has 1 saturated heterocycles. The van der Waals surface area contributed by atoms with Gasteiger partial charge in [-0.2, -0.15) is 11.8 Å². The molecule has 0 bridgehead atoms. The standard InChI is InChI=1S/C19H32N4OS/c1-6-15-14-23(11-12-25-15)19(20-2)21-13-17(22(3)4)16-9-7-8-10-18(16)24-5/h7-10,15,17H,6,11-14H2,1-5H3,(H,20,21). The van der Waals surface area contributed by atoms with Gasteiger partial charge in [0.05, 0.1) is 13.2 Å². The van der Waals surface area contributed by atoms with Crippen LogP contribution in [0, 0.1) is 0 Å². The molecule has 140 valence electrons. The Balaban J connectivity index is 2.07. The Kier molecular flexibility index (Phi) is 7.90. The fourth-order valence-corrected chi connectivity index (χ4v) is 4.37. The highest BCUT2D eigenvalue weighted by Crippen LogP contribution is 2.27. The van der Waals surface area contributed by atoms with Gasteiger partial charge in [0.15, 0.2) is 5.96 Å². The summed E-state index contributed by atoms with van der Waals surface area (Å²) in [5.41, 5.74) is 1.19. The number of ether oxygens (including phenoxy) is 1. The highest BCUT2D eigenvalue weighted by Gasteiger charge is 2.23. The Bertz CT molecular complexity index is 564. The van der Waals surface area contributed by atoms with E-state index in [1.165, 1.54) is 17.7 Å². The summed E-state index contributed by atoms with van der Waals surface area (Å²) in [6, 6.07) is 8.45. The Labute approximate surface area is 156 Å². The number of hydrogen-bond acceptors (Lipinski definition) is 4. The van der Waals surface area contributed by atoms with Crippen molar-refractivity contribution in [3.63, 3.8) is 0 Å². The molecule has 1 aliphatic rings. The smallest absolute Gasteiger partial charge is 0.193 e. The third-order valence-corrected chi connectivity index (χ3v) is 6.05. The fourth-order valence-electron chi connectivity index (χ4n) is 3.19. The van der Waals surface area contributed by atoms with Crippen molar-refractivity contribution in [2.24, 2.45) is 4.99 Å². The predicted molar refractivity (Wildman–Crippen MR) is 109 cm³/mol. The number of nitrogens with zero attached hydrogens (tertiary/aromatic N) is 3. The molecule has 2 rings (SSSR count). The molecule has 0 amide bonds. The molecular weight excluding hydrogens is 332 g/mol. The van der Waals surface area contributed by atoms with Crippen LogP contribution in [0.3, 0.4) is 0 Å². The number of para-hydroxylation sites is 1. The number of hydrogen-bond donors (Lipinski definition) is 1. The number of aliphatic imine (C=N–C) groups is 1. The van der Waals surface area contributed by atoms with E-state index in [1.54, 1.807) is 7.11 Å². The molecule has 1 fully saturated rings. The van der Waals surface area contributed by atoms with Crippen LogP contribution in [0.4, 0.5) is 0 Å². The maximum atomic E-state index is 5.56. The van der Waals surface area contributed by atoms with Gasteiger partial charge in [0.1, 0.15) is 5.75 Å². The maximum Gasteiger partial charge on any atom is 0.193 e. The highest BCUT2D eigenvalue weighted by molar-refractivity contribution is 8.00. The summed E-state index contributed by atoms with van der Waals surface area (Å²) < 4.78 is 5.56. The van der Waals surface area contributed by atoms with Gasteiger partial charge in [-0.25, -0.2) is 0 Å². The van der Waals surface area contributed by atoms with Crippen LogP contribution in [0.1, 0.15) is 24.9 Å². The average molecular weight is 365 g/mol. The van der Waals surface area contributed by atoms with Crippen LogP contribution in [-0.2, 0) is 0 Å². The molecule has 2 unspecified atom stereocenters. The lowest BCUT2D eigenvalue weighted by Crippen LogP contribution is -2.49. The molecule has 5 nitrogen and oxygen atoms in total. The third kappa shape index (κ3) is 5.28. The molecule has 0 aliphatic carbocycles. The van der Waals surface area contributed by atoms with Crippen molar-refractivity contribution in [2.45, 2.75) is 24.6 Å². The van der Waals surface area contributed by atoms with E-state index in [9.17, 15) is 0 Å². The highest BCUT2D eigenvalue weighted by atomic mass is 32.2. The van der Waals surface area contributed by atoms with Crippen molar-refractivity contribution in [1.29, 1.82) is 0 Å². The molecule has 1 N–H and O–H groups in total. The summed E-state index contributed by atoms with van der Waals surface area (Å²) in [6.07, 6.45) is 1.21. The number of guanidine groups is 1. The summed E-state index contributed by atoms with van der Waals surface area (Å²) in [7, 11) is 7.81. The van der Waals surface area contributed by atoms with Gasteiger partial charge in [0.2, 0.25) is 0 Å².